The zero-order valence-corrected chi connectivity index (χ0v) is 11.4. The van der Waals surface area contributed by atoms with E-state index in [1.165, 1.54) is 18.3 Å². The van der Waals surface area contributed by atoms with Crippen LogP contribution in [0.25, 0.3) is 0 Å². The summed E-state index contributed by atoms with van der Waals surface area (Å²) in [5.41, 5.74) is 0. The third-order valence-corrected chi connectivity index (χ3v) is 3.68. The number of carboxylic acids is 1. The monoisotopic (exact) mass is 271 g/mol. The van der Waals surface area contributed by atoms with E-state index in [0.29, 0.717) is 0 Å². The Morgan fingerprint density at radius 1 is 1.44 bits per heavy atom. The van der Waals surface area contributed by atoms with E-state index < -0.39 is 18.0 Å². The maximum atomic E-state index is 11.5. The molecule has 0 radical (unpaired) electrons. The molecule has 7 heteroatoms. The summed E-state index contributed by atoms with van der Waals surface area (Å²) in [5.74, 6) is -1.07. The lowest BCUT2D eigenvalue weighted by Gasteiger charge is -2.14. The maximum Gasteiger partial charge on any atom is 0.325 e. The fraction of sp³-hybridized carbons (Fsp3) is 0.545. The van der Waals surface area contributed by atoms with Gasteiger partial charge in [0.2, 0.25) is 0 Å². The summed E-state index contributed by atoms with van der Waals surface area (Å²) >= 11 is 1.54. The van der Waals surface area contributed by atoms with Crippen molar-refractivity contribution < 1.29 is 14.7 Å². The summed E-state index contributed by atoms with van der Waals surface area (Å²) in [6.07, 6.45) is 2.70. The molecule has 1 rings (SSSR count). The zero-order valence-electron chi connectivity index (χ0n) is 10.6. The molecule has 1 aromatic heterocycles. The van der Waals surface area contributed by atoms with Gasteiger partial charge in [0.1, 0.15) is 11.0 Å². The third kappa shape index (κ3) is 3.99. The molecular formula is C11H17N3O3S. The van der Waals surface area contributed by atoms with E-state index in [4.69, 9.17) is 5.11 Å². The molecule has 2 unspecified atom stereocenters. The van der Waals surface area contributed by atoms with Crippen LogP contribution < -0.4 is 10.6 Å². The van der Waals surface area contributed by atoms with Gasteiger partial charge in [0.05, 0.1) is 6.04 Å². The van der Waals surface area contributed by atoms with Crippen LogP contribution in [0.3, 0.4) is 0 Å². The second-order valence-corrected chi connectivity index (χ2v) is 5.06. The first-order chi connectivity index (χ1) is 8.43. The molecule has 0 aromatic carbocycles. The van der Waals surface area contributed by atoms with Crippen molar-refractivity contribution in [3.8, 4) is 0 Å². The van der Waals surface area contributed by atoms with E-state index in [1.54, 1.807) is 6.20 Å². The van der Waals surface area contributed by atoms with Crippen LogP contribution in [0.4, 0.5) is 4.79 Å². The van der Waals surface area contributed by atoms with Crippen LogP contribution in [0.15, 0.2) is 6.20 Å². The highest BCUT2D eigenvalue weighted by atomic mass is 32.1. The molecule has 1 aromatic rings. The van der Waals surface area contributed by atoms with Gasteiger partial charge < -0.3 is 15.7 Å². The van der Waals surface area contributed by atoms with E-state index in [9.17, 15) is 9.59 Å². The normalized spacial score (nSPS) is 13.7. The van der Waals surface area contributed by atoms with Crippen molar-refractivity contribution in [3.63, 3.8) is 0 Å². The second kappa shape index (κ2) is 6.34. The number of aromatic nitrogens is 1. The van der Waals surface area contributed by atoms with Crippen molar-refractivity contribution in [2.45, 2.75) is 39.3 Å². The minimum atomic E-state index is -1.07. The van der Waals surface area contributed by atoms with Gasteiger partial charge in [-0.25, -0.2) is 9.78 Å². The lowest BCUT2D eigenvalue weighted by Crippen LogP contribution is -2.45. The number of amides is 2. The van der Waals surface area contributed by atoms with Crippen LogP contribution in [-0.2, 0) is 11.2 Å². The lowest BCUT2D eigenvalue weighted by atomic mass is 10.3. The number of nitrogens with one attached hydrogen (secondary N) is 2. The Hall–Kier alpha value is -1.63. The van der Waals surface area contributed by atoms with Crippen molar-refractivity contribution in [3.05, 3.63) is 16.1 Å². The molecule has 0 aliphatic carbocycles. The molecule has 0 fully saturated rings. The van der Waals surface area contributed by atoms with E-state index in [-0.39, 0.29) is 6.04 Å². The summed E-state index contributed by atoms with van der Waals surface area (Å²) in [7, 11) is 0. The standard InChI is InChI=1S/C11H17N3O3S/c1-4-8-5-12-9(18-8)6(2)13-11(17)14-7(3)10(15)16/h5-7H,4H2,1-3H3,(H,15,16)(H2,13,14,17). The van der Waals surface area contributed by atoms with Gasteiger partial charge in [-0.15, -0.1) is 11.3 Å². The van der Waals surface area contributed by atoms with Crippen LogP contribution in [0, 0.1) is 0 Å². The minimum Gasteiger partial charge on any atom is -0.480 e. The number of rotatable bonds is 5. The number of carbonyl (C=O) groups excluding carboxylic acids is 1. The van der Waals surface area contributed by atoms with Gasteiger partial charge in [0.25, 0.3) is 0 Å². The highest BCUT2D eigenvalue weighted by Crippen LogP contribution is 2.19. The molecule has 18 heavy (non-hydrogen) atoms. The largest absolute Gasteiger partial charge is 0.480 e. The first kappa shape index (κ1) is 14.4. The molecular weight excluding hydrogens is 254 g/mol. The average molecular weight is 271 g/mol. The number of nitrogens with zero attached hydrogens (tertiary/aromatic N) is 1. The number of hydrogen-bond donors (Lipinski definition) is 3. The highest BCUT2D eigenvalue weighted by Gasteiger charge is 2.17. The van der Waals surface area contributed by atoms with Crippen molar-refractivity contribution in [1.29, 1.82) is 0 Å². The maximum absolute atomic E-state index is 11.5. The number of aliphatic carboxylic acids is 1. The van der Waals surface area contributed by atoms with Crippen LogP contribution >= 0.6 is 11.3 Å². The molecule has 0 aliphatic heterocycles. The molecule has 0 aliphatic rings. The first-order valence-corrected chi connectivity index (χ1v) is 6.50. The number of hydrogen-bond acceptors (Lipinski definition) is 4. The van der Waals surface area contributed by atoms with Crippen LogP contribution in [-0.4, -0.2) is 28.1 Å². The highest BCUT2D eigenvalue weighted by molar-refractivity contribution is 7.11. The molecule has 0 spiro atoms. The second-order valence-electron chi connectivity index (χ2n) is 3.92. The molecule has 0 bridgehead atoms. The first-order valence-electron chi connectivity index (χ1n) is 5.68. The Balaban J connectivity index is 2.51. The summed E-state index contributed by atoms with van der Waals surface area (Å²) < 4.78 is 0. The number of carboxylic acid groups (broad SMARTS) is 1. The predicted octanol–water partition coefficient (Wildman–Crippen LogP) is 1.54. The number of carbonyl (C=O) groups is 2. The predicted molar refractivity (Wildman–Crippen MR) is 68.7 cm³/mol. The van der Waals surface area contributed by atoms with E-state index in [2.05, 4.69) is 15.6 Å². The average Bonchev–Trinajstić information content (AvgIpc) is 2.76. The topological polar surface area (TPSA) is 91.3 Å². The Morgan fingerprint density at radius 2 is 2.11 bits per heavy atom. The van der Waals surface area contributed by atoms with Gasteiger partial charge in [-0.2, -0.15) is 0 Å². The summed E-state index contributed by atoms with van der Waals surface area (Å²) in [5, 5.41) is 14.5. The minimum absolute atomic E-state index is 0.240. The molecule has 0 saturated heterocycles. The van der Waals surface area contributed by atoms with Gasteiger partial charge >= 0.3 is 12.0 Å². The summed E-state index contributed by atoms with van der Waals surface area (Å²) in [4.78, 5) is 27.5. The number of thiazole rings is 1. The fourth-order valence-corrected chi connectivity index (χ4v) is 2.10. The lowest BCUT2D eigenvalue weighted by molar-refractivity contribution is -0.138. The molecule has 1 heterocycles. The summed E-state index contributed by atoms with van der Waals surface area (Å²) in [6.45, 7) is 5.26. The fourth-order valence-electron chi connectivity index (χ4n) is 1.24. The van der Waals surface area contributed by atoms with Gasteiger partial charge in [-0.3, -0.25) is 4.79 Å². The molecule has 2 atom stereocenters. The van der Waals surface area contributed by atoms with Crippen molar-refractivity contribution in [1.82, 2.24) is 15.6 Å². The molecule has 2 amide bonds. The van der Waals surface area contributed by atoms with Gasteiger partial charge in [0, 0.05) is 11.1 Å². The molecule has 6 nitrogen and oxygen atoms in total. The van der Waals surface area contributed by atoms with Crippen LogP contribution in [0.1, 0.15) is 36.7 Å². The van der Waals surface area contributed by atoms with Gasteiger partial charge in [-0.05, 0) is 20.3 Å². The quantitative estimate of drug-likeness (QED) is 0.757. The van der Waals surface area contributed by atoms with E-state index >= 15 is 0 Å². The smallest absolute Gasteiger partial charge is 0.325 e. The van der Waals surface area contributed by atoms with E-state index in [0.717, 1.165) is 16.3 Å². The van der Waals surface area contributed by atoms with Crippen molar-refractivity contribution in [2.24, 2.45) is 0 Å². The zero-order chi connectivity index (χ0) is 13.7. The molecule has 100 valence electrons. The van der Waals surface area contributed by atoms with E-state index in [1.807, 2.05) is 13.8 Å². The third-order valence-electron chi connectivity index (χ3n) is 2.36. The Labute approximate surface area is 109 Å². The SMILES string of the molecule is CCc1cnc(C(C)NC(=O)NC(C)C(=O)O)s1. The van der Waals surface area contributed by atoms with Crippen molar-refractivity contribution >= 4 is 23.3 Å². The molecule has 3 N–H and O–H groups in total. The summed E-state index contributed by atoms with van der Waals surface area (Å²) in [6, 6.07) is -1.67. The number of urea groups is 1. The number of aryl methyl sites for hydroxylation is 1. The Morgan fingerprint density at radius 3 is 2.61 bits per heavy atom. The molecule has 0 saturated carbocycles. The van der Waals surface area contributed by atoms with Gasteiger partial charge in [-0.1, -0.05) is 6.92 Å². The van der Waals surface area contributed by atoms with Crippen molar-refractivity contribution in [2.75, 3.05) is 0 Å². The Bertz CT molecular complexity index is 433. The van der Waals surface area contributed by atoms with Crippen LogP contribution in [0.5, 0.6) is 0 Å². The van der Waals surface area contributed by atoms with Gasteiger partial charge in [0.15, 0.2) is 0 Å². The van der Waals surface area contributed by atoms with Crippen LogP contribution in [0.2, 0.25) is 0 Å². The Kier molecular flexibility index (Phi) is 5.08.